The molecule has 0 amide bonds. The predicted molar refractivity (Wildman–Crippen MR) is 256 cm³/mol. The van der Waals surface area contributed by atoms with Gasteiger partial charge in [0.25, 0.3) is 0 Å². The summed E-state index contributed by atoms with van der Waals surface area (Å²) in [6, 6.07) is 70.7. The van der Waals surface area contributed by atoms with Gasteiger partial charge in [-0.2, -0.15) is 0 Å². The molecule has 13 aromatic rings. The molecular weight excluding hydrogens is 757 g/mol. The first-order valence-electron chi connectivity index (χ1n) is 21.0. The Morgan fingerprint density at radius 2 is 0.710 bits per heavy atom. The summed E-state index contributed by atoms with van der Waals surface area (Å²) in [6.45, 7) is 0. The largest absolute Gasteiger partial charge is 0.455 e. The van der Waals surface area contributed by atoms with Gasteiger partial charge >= 0.3 is 0 Å². The highest BCUT2D eigenvalue weighted by Crippen LogP contribution is 2.45. The smallest absolute Gasteiger partial charge is 0.147 e. The van der Waals surface area contributed by atoms with Crippen LogP contribution in [0.15, 0.2) is 215 Å². The SMILES string of the molecule is c1cc(-c2ccc(-c3c4oc5ccccc5c4cc4c3oc3ccccc34)cc2)cc(-c2cccc(-c3cccc(-c4cnc5c6ccccc6c6ccccc6c5n4)c3)c2)c1. The van der Waals surface area contributed by atoms with Crippen molar-refractivity contribution in [3.63, 3.8) is 0 Å². The van der Waals surface area contributed by atoms with Crippen LogP contribution in [0.4, 0.5) is 0 Å². The summed E-state index contributed by atoms with van der Waals surface area (Å²) >= 11 is 0. The zero-order chi connectivity index (χ0) is 40.7. The molecule has 0 aliphatic rings. The fourth-order valence-corrected chi connectivity index (χ4v) is 9.50. The summed E-state index contributed by atoms with van der Waals surface area (Å²) in [5.41, 5.74) is 16.0. The molecule has 13 rings (SSSR count). The van der Waals surface area contributed by atoms with Gasteiger partial charge in [-0.3, -0.25) is 4.98 Å². The summed E-state index contributed by atoms with van der Waals surface area (Å²) in [4.78, 5) is 10.3. The van der Waals surface area contributed by atoms with E-state index >= 15 is 0 Å². The van der Waals surface area contributed by atoms with Crippen molar-refractivity contribution in [2.45, 2.75) is 0 Å². The van der Waals surface area contributed by atoms with Gasteiger partial charge < -0.3 is 8.83 Å². The van der Waals surface area contributed by atoms with Gasteiger partial charge in [0.1, 0.15) is 22.3 Å². The number of aromatic nitrogens is 2. The number of nitrogens with zero attached hydrogens (tertiary/aromatic N) is 2. The third kappa shape index (κ3) is 5.40. The monoisotopic (exact) mass is 790 g/mol. The number of fused-ring (bicyclic) bond motifs is 12. The van der Waals surface area contributed by atoms with Crippen molar-refractivity contribution < 1.29 is 8.83 Å². The first kappa shape index (κ1) is 34.5. The molecule has 4 heteroatoms. The maximum atomic E-state index is 6.57. The van der Waals surface area contributed by atoms with Crippen LogP contribution >= 0.6 is 0 Å². The normalized spacial score (nSPS) is 11.9. The lowest BCUT2D eigenvalue weighted by atomic mass is 9.94. The molecule has 3 heterocycles. The second-order valence-electron chi connectivity index (χ2n) is 16.1. The van der Waals surface area contributed by atoms with Crippen molar-refractivity contribution >= 4 is 76.5 Å². The summed E-state index contributed by atoms with van der Waals surface area (Å²) in [6.07, 6.45) is 1.91. The average molecular weight is 791 g/mol. The molecular formula is C58H34N2O2. The molecule has 0 spiro atoms. The maximum absolute atomic E-state index is 6.57. The number of rotatable bonds is 5. The van der Waals surface area contributed by atoms with Crippen molar-refractivity contribution in [1.29, 1.82) is 0 Å². The number of para-hydroxylation sites is 2. The van der Waals surface area contributed by atoms with E-state index in [1.807, 2.05) is 30.5 Å². The number of hydrogen-bond donors (Lipinski definition) is 0. The zero-order valence-electron chi connectivity index (χ0n) is 33.3. The van der Waals surface area contributed by atoms with E-state index in [0.717, 1.165) is 121 Å². The highest BCUT2D eigenvalue weighted by atomic mass is 16.3. The molecule has 288 valence electrons. The standard InChI is InChI=1S/C58H34N2O2/c1-3-22-47-43(18-1)44-19-2-4-23-48(44)56-55(47)59-34-51(60-56)42-17-11-16-41(32-42)40-15-10-14-39(31-40)38-13-9-12-37(30-38)35-26-28-36(29-27-35)54-57-49(45-20-5-7-24-52(45)61-57)33-50-46-21-6-8-25-53(46)62-58(50)54/h1-34H. The number of furan rings is 2. The molecule has 0 atom stereocenters. The van der Waals surface area contributed by atoms with Gasteiger partial charge in [0.05, 0.1) is 28.5 Å². The first-order valence-corrected chi connectivity index (χ1v) is 21.0. The lowest BCUT2D eigenvalue weighted by Gasteiger charge is -2.12. The fraction of sp³-hybridized carbons (Fsp3) is 0. The Hall–Kier alpha value is -8.34. The van der Waals surface area contributed by atoms with Gasteiger partial charge in [-0.05, 0) is 86.1 Å². The molecule has 10 aromatic carbocycles. The minimum Gasteiger partial charge on any atom is -0.455 e. The fourth-order valence-electron chi connectivity index (χ4n) is 9.50. The molecule has 0 fully saturated rings. The topological polar surface area (TPSA) is 52.1 Å². The molecule has 0 bridgehead atoms. The van der Waals surface area contributed by atoms with Crippen molar-refractivity contribution in [3.8, 4) is 55.8 Å². The van der Waals surface area contributed by atoms with Crippen LogP contribution in [0, 0.1) is 0 Å². The third-order valence-electron chi connectivity index (χ3n) is 12.5. The second-order valence-corrected chi connectivity index (χ2v) is 16.1. The Balaban J connectivity index is 0.846. The van der Waals surface area contributed by atoms with Gasteiger partial charge in [0.2, 0.25) is 0 Å². The molecule has 0 radical (unpaired) electrons. The van der Waals surface area contributed by atoms with Crippen LogP contribution in [0.25, 0.3) is 132 Å². The van der Waals surface area contributed by atoms with Crippen LogP contribution in [0.2, 0.25) is 0 Å². The van der Waals surface area contributed by atoms with Gasteiger partial charge in [-0.15, -0.1) is 0 Å². The van der Waals surface area contributed by atoms with Crippen LogP contribution in [0.3, 0.4) is 0 Å². The molecule has 62 heavy (non-hydrogen) atoms. The molecule has 0 aliphatic heterocycles. The van der Waals surface area contributed by atoms with E-state index in [9.17, 15) is 0 Å². The van der Waals surface area contributed by atoms with Crippen molar-refractivity contribution in [2.24, 2.45) is 0 Å². The molecule has 0 N–H and O–H groups in total. The van der Waals surface area contributed by atoms with Gasteiger partial charge in [0.15, 0.2) is 0 Å². The van der Waals surface area contributed by atoms with Gasteiger partial charge in [0, 0.05) is 37.9 Å². The van der Waals surface area contributed by atoms with Crippen LogP contribution in [0.5, 0.6) is 0 Å². The maximum Gasteiger partial charge on any atom is 0.147 e. The number of hydrogen-bond acceptors (Lipinski definition) is 4. The number of benzene rings is 10. The van der Waals surface area contributed by atoms with Crippen LogP contribution in [-0.4, -0.2) is 9.97 Å². The summed E-state index contributed by atoms with van der Waals surface area (Å²) < 4.78 is 13.1. The summed E-state index contributed by atoms with van der Waals surface area (Å²) in [5.74, 6) is 0. The quantitative estimate of drug-likeness (QED) is 0.163. The summed E-state index contributed by atoms with van der Waals surface area (Å²) in [5, 5.41) is 8.99. The Morgan fingerprint density at radius 3 is 1.26 bits per heavy atom. The highest BCUT2D eigenvalue weighted by molar-refractivity contribution is 6.24. The van der Waals surface area contributed by atoms with E-state index in [4.69, 9.17) is 18.8 Å². The lowest BCUT2D eigenvalue weighted by Crippen LogP contribution is -1.92. The average Bonchev–Trinajstić information content (AvgIpc) is 3.91. The van der Waals surface area contributed by atoms with Crippen LogP contribution in [-0.2, 0) is 0 Å². The minimum atomic E-state index is 0.838. The zero-order valence-corrected chi connectivity index (χ0v) is 33.3. The van der Waals surface area contributed by atoms with Gasteiger partial charge in [-0.1, -0.05) is 164 Å². The van der Waals surface area contributed by atoms with E-state index in [1.54, 1.807) is 0 Å². The Kier molecular flexibility index (Phi) is 7.57. The lowest BCUT2D eigenvalue weighted by molar-refractivity contribution is 0.658. The van der Waals surface area contributed by atoms with Crippen LogP contribution in [0.1, 0.15) is 0 Å². The Bertz CT molecular complexity index is 3810. The van der Waals surface area contributed by atoms with E-state index in [1.165, 1.54) is 10.8 Å². The molecule has 3 aromatic heterocycles. The Labute approximate surface area is 356 Å². The first-order chi connectivity index (χ1) is 30.7. The van der Waals surface area contributed by atoms with Crippen LogP contribution < -0.4 is 0 Å². The van der Waals surface area contributed by atoms with E-state index in [0.29, 0.717) is 0 Å². The molecule has 0 unspecified atom stereocenters. The molecule has 4 nitrogen and oxygen atoms in total. The van der Waals surface area contributed by atoms with E-state index in [2.05, 4.69) is 176 Å². The van der Waals surface area contributed by atoms with E-state index < -0.39 is 0 Å². The summed E-state index contributed by atoms with van der Waals surface area (Å²) in [7, 11) is 0. The molecule has 0 saturated carbocycles. The van der Waals surface area contributed by atoms with E-state index in [-0.39, 0.29) is 0 Å². The second kappa shape index (κ2) is 13.6. The highest BCUT2D eigenvalue weighted by Gasteiger charge is 2.21. The third-order valence-corrected chi connectivity index (χ3v) is 12.5. The van der Waals surface area contributed by atoms with Crippen molar-refractivity contribution in [1.82, 2.24) is 9.97 Å². The minimum absolute atomic E-state index is 0.838. The molecule has 0 aliphatic carbocycles. The van der Waals surface area contributed by atoms with Crippen molar-refractivity contribution in [2.75, 3.05) is 0 Å². The van der Waals surface area contributed by atoms with Gasteiger partial charge in [-0.25, -0.2) is 4.98 Å². The molecule has 0 saturated heterocycles. The Morgan fingerprint density at radius 1 is 0.290 bits per heavy atom. The van der Waals surface area contributed by atoms with Crippen molar-refractivity contribution in [3.05, 3.63) is 206 Å². The predicted octanol–water partition coefficient (Wildman–Crippen LogP) is 16.1.